The highest BCUT2D eigenvalue weighted by Gasteiger charge is 2.31. The van der Waals surface area contributed by atoms with Gasteiger partial charge in [0.2, 0.25) is 0 Å². The average Bonchev–Trinajstić information content (AvgIpc) is 2.67. The van der Waals surface area contributed by atoms with Crippen molar-refractivity contribution in [3.8, 4) is 16.9 Å². The number of hydrogen-bond acceptors (Lipinski definition) is 4. The largest absolute Gasteiger partial charge is 0.496 e. The second-order valence-electron chi connectivity index (χ2n) is 6.19. The lowest BCUT2D eigenvalue weighted by Gasteiger charge is -2.17. The molecule has 0 aliphatic carbocycles. The number of nitrogens with one attached hydrogen (secondary N) is 1. The summed E-state index contributed by atoms with van der Waals surface area (Å²) in [7, 11) is 1.43. The van der Waals surface area contributed by atoms with Gasteiger partial charge in [0.05, 0.1) is 17.6 Å². The second-order valence-corrected chi connectivity index (χ2v) is 7.73. The fourth-order valence-electron chi connectivity index (χ4n) is 2.97. The van der Waals surface area contributed by atoms with Crippen LogP contribution in [0.3, 0.4) is 0 Å². The minimum atomic E-state index is -4.54. The zero-order valence-electron chi connectivity index (χ0n) is 15.3. The van der Waals surface area contributed by atoms with E-state index in [0.717, 1.165) is 23.9 Å². The van der Waals surface area contributed by atoms with Crippen LogP contribution in [-0.4, -0.2) is 29.6 Å². The molecule has 1 heterocycles. The van der Waals surface area contributed by atoms with Crippen molar-refractivity contribution in [2.45, 2.75) is 17.5 Å². The molecule has 0 unspecified atom stereocenters. The number of hydrogen-bond donors (Lipinski definition) is 2. The first kappa shape index (κ1) is 21.5. The van der Waals surface area contributed by atoms with Crippen molar-refractivity contribution in [1.82, 2.24) is 4.98 Å². The number of aliphatic hydroxyl groups is 1. The SMILES string of the molecule is COc1ccc(Cl)cc1-c1c(SCCCO)c(=O)[nH]c2ccc(C(F)(F)F)cc12. The molecule has 0 amide bonds. The molecule has 0 spiro atoms. The lowest BCUT2D eigenvalue weighted by Crippen LogP contribution is -2.12. The molecule has 2 aromatic carbocycles. The Balaban J connectivity index is 2.40. The summed E-state index contributed by atoms with van der Waals surface area (Å²) in [5.74, 6) is 0.794. The summed E-state index contributed by atoms with van der Waals surface area (Å²) >= 11 is 7.30. The Labute approximate surface area is 173 Å². The van der Waals surface area contributed by atoms with Crippen molar-refractivity contribution >= 4 is 34.3 Å². The molecule has 3 rings (SSSR count). The number of thioether (sulfide) groups is 1. The number of aliphatic hydroxyl groups excluding tert-OH is 1. The number of H-pyrrole nitrogens is 1. The normalized spacial score (nSPS) is 11.8. The molecule has 0 atom stereocenters. The molecule has 0 bridgehead atoms. The minimum absolute atomic E-state index is 0.0630. The summed E-state index contributed by atoms with van der Waals surface area (Å²) in [6.45, 7) is -0.0630. The summed E-state index contributed by atoms with van der Waals surface area (Å²) in [5, 5.41) is 9.64. The molecule has 154 valence electrons. The van der Waals surface area contributed by atoms with E-state index in [4.69, 9.17) is 21.4 Å². The van der Waals surface area contributed by atoms with Crippen molar-refractivity contribution < 1.29 is 23.0 Å². The smallest absolute Gasteiger partial charge is 0.416 e. The molecule has 0 radical (unpaired) electrons. The number of aromatic amines is 1. The van der Waals surface area contributed by atoms with Gasteiger partial charge in [-0.1, -0.05) is 11.6 Å². The summed E-state index contributed by atoms with van der Waals surface area (Å²) in [4.78, 5) is 15.6. The summed E-state index contributed by atoms with van der Waals surface area (Å²) in [5.41, 5.74) is -0.256. The maximum absolute atomic E-state index is 13.3. The predicted molar refractivity (Wildman–Crippen MR) is 109 cm³/mol. The predicted octanol–water partition coefficient (Wildman–Crippen LogP) is 5.35. The zero-order valence-corrected chi connectivity index (χ0v) is 16.8. The molecule has 4 nitrogen and oxygen atoms in total. The first-order valence-corrected chi connectivity index (χ1v) is 9.97. The van der Waals surface area contributed by atoms with Gasteiger partial charge in [0.15, 0.2) is 0 Å². The van der Waals surface area contributed by atoms with Crippen LogP contribution in [0.1, 0.15) is 12.0 Å². The molecule has 0 aliphatic rings. The second kappa shape index (κ2) is 8.69. The summed E-state index contributed by atoms with van der Waals surface area (Å²) < 4.78 is 45.4. The molecule has 9 heteroatoms. The molecular formula is C20H17ClF3NO3S. The third kappa shape index (κ3) is 4.55. The highest BCUT2D eigenvalue weighted by Crippen LogP contribution is 2.42. The van der Waals surface area contributed by atoms with Crippen LogP contribution in [-0.2, 0) is 6.18 Å². The highest BCUT2D eigenvalue weighted by molar-refractivity contribution is 7.99. The quantitative estimate of drug-likeness (QED) is 0.398. The van der Waals surface area contributed by atoms with Gasteiger partial charge in [-0.25, -0.2) is 0 Å². The van der Waals surface area contributed by atoms with E-state index in [1.165, 1.54) is 13.2 Å². The van der Waals surface area contributed by atoms with E-state index in [1.54, 1.807) is 18.2 Å². The Morgan fingerprint density at radius 3 is 2.62 bits per heavy atom. The maximum atomic E-state index is 13.3. The van der Waals surface area contributed by atoms with Crippen LogP contribution in [0.25, 0.3) is 22.0 Å². The van der Waals surface area contributed by atoms with E-state index in [-0.39, 0.29) is 22.4 Å². The molecular weight excluding hydrogens is 427 g/mol. The van der Waals surface area contributed by atoms with Crippen LogP contribution < -0.4 is 10.3 Å². The molecule has 0 saturated heterocycles. The van der Waals surface area contributed by atoms with Crippen LogP contribution in [0.15, 0.2) is 46.1 Å². The van der Waals surface area contributed by atoms with Gasteiger partial charge in [-0.3, -0.25) is 4.79 Å². The highest BCUT2D eigenvalue weighted by atomic mass is 35.5. The van der Waals surface area contributed by atoms with Crippen molar-refractivity contribution in [3.63, 3.8) is 0 Å². The van der Waals surface area contributed by atoms with Gasteiger partial charge < -0.3 is 14.8 Å². The number of methoxy groups -OCH3 is 1. The topological polar surface area (TPSA) is 62.3 Å². The molecule has 0 fully saturated rings. The third-order valence-corrected chi connectivity index (χ3v) is 5.68. The fourth-order valence-corrected chi connectivity index (χ4v) is 4.17. The van der Waals surface area contributed by atoms with Crippen molar-refractivity contribution in [2.24, 2.45) is 0 Å². The van der Waals surface area contributed by atoms with Gasteiger partial charge in [-0.05, 0) is 42.8 Å². The van der Waals surface area contributed by atoms with Gasteiger partial charge in [-0.2, -0.15) is 13.2 Å². The first-order chi connectivity index (χ1) is 13.8. The van der Waals surface area contributed by atoms with E-state index in [1.807, 2.05) is 0 Å². The van der Waals surface area contributed by atoms with Crippen molar-refractivity contribution in [1.29, 1.82) is 0 Å². The van der Waals surface area contributed by atoms with Gasteiger partial charge in [0.25, 0.3) is 5.56 Å². The molecule has 2 N–H and O–H groups in total. The Morgan fingerprint density at radius 1 is 1.21 bits per heavy atom. The van der Waals surface area contributed by atoms with Gasteiger partial charge in [0, 0.05) is 39.4 Å². The van der Waals surface area contributed by atoms with Gasteiger partial charge in [0.1, 0.15) is 5.75 Å². The molecule has 29 heavy (non-hydrogen) atoms. The Morgan fingerprint density at radius 2 is 1.97 bits per heavy atom. The molecule has 1 aromatic heterocycles. The first-order valence-electron chi connectivity index (χ1n) is 8.61. The number of pyridine rings is 1. The minimum Gasteiger partial charge on any atom is -0.496 e. The van der Waals surface area contributed by atoms with Crippen LogP contribution in [0, 0.1) is 0 Å². The number of fused-ring (bicyclic) bond motifs is 1. The molecule has 0 saturated carbocycles. The van der Waals surface area contributed by atoms with Crippen LogP contribution in [0.4, 0.5) is 13.2 Å². The van der Waals surface area contributed by atoms with E-state index >= 15 is 0 Å². The number of halogens is 4. The maximum Gasteiger partial charge on any atom is 0.416 e. The van der Waals surface area contributed by atoms with E-state index < -0.39 is 17.3 Å². The molecule has 3 aromatic rings. The van der Waals surface area contributed by atoms with Gasteiger partial charge in [-0.15, -0.1) is 11.8 Å². The third-order valence-electron chi connectivity index (χ3n) is 4.28. The number of aromatic nitrogens is 1. The lowest BCUT2D eigenvalue weighted by atomic mass is 9.98. The van der Waals surface area contributed by atoms with E-state index in [9.17, 15) is 18.0 Å². The van der Waals surface area contributed by atoms with E-state index in [2.05, 4.69) is 4.98 Å². The molecule has 0 aliphatic heterocycles. The summed E-state index contributed by atoms with van der Waals surface area (Å²) in [6.07, 6.45) is -4.11. The monoisotopic (exact) mass is 443 g/mol. The number of ether oxygens (including phenoxy) is 1. The standard InChI is InChI=1S/C20H17ClF3NO3S/c1-28-16-6-4-12(21)10-14(16)17-13-9-11(20(22,23)24)3-5-15(13)25-19(27)18(17)29-8-2-7-26/h3-6,9-10,26H,2,7-8H2,1H3,(H,25,27). The summed E-state index contributed by atoms with van der Waals surface area (Å²) in [6, 6.07) is 7.93. The average molecular weight is 444 g/mol. The number of alkyl halides is 3. The van der Waals surface area contributed by atoms with Crippen LogP contribution in [0.2, 0.25) is 5.02 Å². The van der Waals surface area contributed by atoms with Crippen LogP contribution >= 0.6 is 23.4 Å². The Bertz CT molecular complexity index is 1100. The van der Waals surface area contributed by atoms with Gasteiger partial charge >= 0.3 is 6.18 Å². The van der Waals surface area contributed by atoms with Crippen LogP contribution in [0.5, 0.6) is 5.75 Å². The lowest BCUT2D eigenvalue weighted by molar-refractivity contribution is -0.137. The Kier molecular flexibility index (Phi) is 6.45. The van der Waals surface area contributed by atoms with Crippen molar-refractivity contribution in [2.75, 3.05) is 19.5 Å². The van der Waals surface area contributed by atoms with E-state index in [0.29, 0.717) is 34.1 Å². The fraction of sp³-hybridized carbons (Fsp3) is 0.250. The zero-order chi connectivity index (χ0) is 21.2. The number of rotatable bonds is 6. The Hall–Kier alpha value is -2.16. The number of benzene rings is 2. The van der Waals surface area contributed by atoms with Crippen molar-refractivity contribution in [3.05, 3.63) is 57.3 Å².